The molecule has 0 atom stereocenters. The molecule has 6 heteroatoms. The van der Waals surface area contributed by atoms with E-state index in [0.29, 0.717) is 18.8 Å². The minimum atomic E-state index is -0.900. The van der Waals surface area contributed by atoms with E-state index in [0.717, 1.165) is 38.5 Å². The number of aromatic nitrogens is 1. The van der Waals surface area contributed by atoms with Gasteiger partial charge in [-0.05, 0) is 61.0 Å². The molecule has 0 bridgehead atoms. The van der Waals surface area contributed by atoms with Crippen molar-refractivity contribution in [3.05, 3.63) is 51.5 Å². The fourth-order valence-electron chi connectivity index (χ4n) is 2.78. The molecule has 0 saturated carbocycles. The lowest BCUT2D eigenvalue weighted by Crippen LogP contribution is -2.10. The van der Waals surface area contributed by atoms with Crippen molar-refractivity contribution in [3.8, 4) is 5.75 Å². The van der Waals surface area contributed by atoms with Gasteiger partial charge < -0.3 is 14.4 Å². The highest BCUT2D eigenvalue weighted by molar-refractivity contribution is 7.16. The van der Waals surface area contributed by atoms with Crippen molar-refractivity contribution in [1.82, 2.24) is 4.57 Å². The average Bonchev–Trinajstić information content (AvgIpc) is 3.10. The Labute approximate surface area is 149 Å². The molecule has 0 unspecified atom stereocenters. The second-order valence-electron chi connectivity index (χ2n) is 5.74. The maximum absolute atomic E-state index is 11.4. The van der Waals surface area contributed by atoms with Crippen LogP contribution in [0.2, 0.25) is 5.02 Å². The van der Waals surface area contributed by atoms with Gasteiger partial charge in [0.2, 0.25) is 0 Å². The second kappa shape index (κ2) is 6.87. The molecular weight excluding hydrogens is 346 g/mol. The Kier molecular flexibility index (Phi) is 4.83. The number of halogens is 1. The van der Waals surface area contributed by atoms with Gasteiger partial charge in [0.05, 0.1) is 6.61 Å². The molecule has 3 rings (SSSR count). The van der Waals surface area contributed by atoms with E-state index in [4.69, 9.17) is 16.3 Å². The zero-order valence-electron chi connectivity index (χ0n) is 13.5. The Hall–Kier alpha value is -1.98. The molecule has 0 aliphatic rings. The number of carboxylic acids is 1. The summed E-state index contributed by atoms with van der Waals surface area (Å²) in [5.74, 6) is -0.107. The minimum Gasteiger partial charge on any atom is -0.494 e. The molecule has 126 valence electrons. The number of aromatic carboxylic acids is 1. The SMILES string of the molecule is Cc1cc(OCCCn2c(C(=O)O)cc3ccsc32)cc(C)c1Cl. The predicted octanol–water partition coefficient (Wildman–Crippen LogP) is 5.14. The maximum Gasteiger partial charge on any atom is 0.352 e. The van der Waals surface area contributed by atoms with Crippen LogP contribution in [0, 0.1) is 13.8 Å². The number of ether oxygens (including phenoxy) is 1. The number of carboxylic acid groups (broad SMARTS) is 1. The number of rotatable bonds is 6. The molecule has 0 amide bonds. The standard InChI is InChI=1S/C18H18ClNO3S/c1-11-8-14(9-12(2)16(11)19)23-6-3-5-20-15(18(21)22)10-13-4-7-24-17(13)20/h4,7-10H,3,5-6H2,1-2H3,(H,21,22). The van der Waals surface area contributed by atoms with Crippen molar-refractivity contribution in [2.24, 2.45) is 0 Å². The van der Waals surface area contributed by atoms with Crippen molar-refractivity contribution in [1.29, 1.82) is 0 Å². The van der Waals surface area contributed by atoms with Crippen LogP contribution in [-0.2, 0) is 6.54 Å². The van der Waals surface area contributed by atoms with Crippen LogP contribution in [0.25, 0.3) is 10.2 Å². The average molecular weight is 364 g/mol. The highest BCUT2D eigenvalue weighted by atomic mass is 35.5. The summed E-state index contributed by atoms with van der Waals surface area (Å²) >= 11 is 7.71. The maximum atomic E-state index is 11.4. The molecule has 0 spiro atoms. The Bertz CT molecular complexity index is 874. The van der Waals surface area contributed by atoms with Gasteiger partial charge in [-0.2, -0.15) is 0 Å². The van der Waals surface area contributed by atoms with Gasteiger partial charge in [0, 0.05) is 17.0 Å². The van der Waals surface area contributed by atoms with Crippen LogP contribution in [0.3, 0.4) is 0 Å². The summed E-state index contributed by atoms with van der Waals surface area (Å²) in [5.41, 5.74) is 2.31. The largest absolute Gasteiger partial charge is 0.494 e. The monoisotopic (exact) mass is 363 g/mol. The molecule has 24 heavy (non-hydrogen) atoms. The topological polar surface area (TPSA) is 51.5 Å². The normalized spacial score (nSPS) is 11.1. The number of aryl methyl sites for hydroxylation is 3. The lowest BCUT2D eigenvalue weighted by molar-refractivity contribution is 0.0685. The first-order chi connectivity index (χ1) is 11.5. The third-order valence-electron chi connectivity index (χ3n) is 3.93. The number of nitrogens with zero attached hydrogens (tertiary/aromatic N) is 1. The Morgan fingerprint density at radius 3 is 2.67 bits per heavy atom. The number of carbonyl (C=O) groups is 1. The van der Waals surface area contributed by atoms with E-state index in [9.17, 15) is 9.90 Å². The van der Waals surface area contributed by atoms with E-state index in [1.165, 1.54) is 0 Å². The number of benzene rings is 1. The Morgan fingerprint density at radius 2 is 2.00 bits per heavy atom. The highest BCUT2D eigenvalue weighted by Gasteiger charge is 2.15. The lowest BCUT2D eigenvalue weighted by atomic mass is 10.1. The van der Waals surface area contributed by atoms with E-state index in [-0.39, 0.29) is 0 Å². The zero-order valence-corrected chi connectivity index (χ0v) is 15.1. The van der Waals surface area contributed by atoms with Crippen LogP contribution < -0.4 is 4.74 Å². The molecule has 4 nitrogen and oxygen atoms in total. The minimum absolute atomic E-state index is 0.329. The van der Waals surface area contributed by atoms with Crippen LogP contribution >= 0.6 is 22.9 Å². The van der Waals surface area contributed by atoms with Crippen molar-refractivity contribution >= 4 is 39.1 Å². The molecule has 0 fully saturated rings. The molecule has 3 aromatic rings. The molecular formula is C18H18ClNO3S. The van der Waals surface area contributed by atoms with Gasteiger partial charge in [0.25, 0.3) is 0 Å². The lowest BCUT2D eigenvalue weighted by Gasteiger charge is -2.11. The molecule has 2 aromatic heterocycles. The Balaban J connectivity index is 1.66. The molecule has 0 radical (unpaired) electrons. The van der Waals surface area contributed by atoms with Gasteiger partial charge in [-0.15, -0.1) is 11.3 Å². The van der Waals surface area contributed by atoms with Gasteiger partial charge in [-0.3, -0.25) is 0 Å². The number of thiophene rings is 1. The highest BCUT2D eigenvalue weighted by Crippen LogP contribution is 2.27. The molecule has 0 aliphatic carbocycles. The summed E-state index contributed by atoms with van der Waals surface area (Å²) in [6, 6.07) is 7.51. The van der Waals surface area contributed by atoms with Gasteiger partial charge in [-0.1, -0.05) is 11.6 Å². The van der Waals surface area contributed by atoms with Gasteiger partial charge in [0.15, 0.2) is 0 Å². The van der Waals surface area contributed by atoms with E-state index in [1.54, 1.807) is 17.4 Å². The van der Waals surface area contributed by atoms with Crippen LogP contribution in [0.1, 0.15) is 28.0 Å². The van der Waals surface area contributed by atoms with E-state index >= 15 is 0 Å². The smallest absolute Gasteiger partial charge is 0.352 e. The number of fused-ring (bicyclic) bond motifs is 1. The van der Waals surface area contributed by atoms with Crippen molar-refractivity contribution in [2.45, 2.75) is 26.8 Å². The van der Waals surface area contributed by atoms with Crippen molar-refractivity contribution in [3.63, 3.8) is 0 Å². The second-order valence-corrected chi connectivity index (χ2v) is 7.01. The van der Waals surface area contributed by atoms with E-state index in [2.05, 4.69) is 0 Å². The molecule has 0 saturated heterocycles. The molecule has 0 aliphatic heterocycles. The molecule has 2 heterocycles. The summed E-state index contributed by atoms with van der Waals surface area (Å²) < 4.78 is 7.65. The van der Waals surface area contributed by atoms with Crippen LogP contribution in [0.5, 0.6) is 5.75 Å². The molecule has 1 N–H and O–H groups in total. The first kappa shape index (κ1) is 16.9. The zero-order chi connectivity index (χ0) is 17.3. The quantitative estimate of drug-likeness (QED) is 0.617. The fourth-order valence-corrected chi connectivity index (χ4v) is 3.81. The third-order valence-corrected chi connectivity index (χ3v) is 5.47. The summed E-state index contributed by atoms with van der Waals surface area (Å²) in [6.45, 7) is 5.03. The third kappa shape index (κ3) is 3.28. The number of hydrogen-bond donors (Lipinski definition) is 1. The number of hydrogen-bond acceptors (Lipinski definition) is 3. The van der Waals surface area contributed by atoms with Gasteiger partial charge >= 0.3 is 5.97 Å². The predicted molar refractivity (Wildman–Crippen MR) is 97.8 cm³/mol. The first-order valence-electron chi connectivity index (χ1n) is 7.67. The summed E-state index contributed by atoms with van der Waals surface area (Å²) in [5, 5.41) is 13.1. The van der Waals surface area contributed by atoms with Crippen LogP contribution in [0.15, 0.2) is 29.6 Å². The van der Waals surface area contributed by atoms with Gasteiger partial charge in [0.1, 0.15) is 16.3 Å². The molecule has 1 aromatic carbocycles. The van der Waals surface area contributed by atoms with Crippen LogP contribution in [0.4, 0.5) is 0 Å². The first-order valence-corrected chi connectivity index (χ1v) is 8.92. The van der Waals surface area contributed by atoms with E-state index < -0.39 is 5.97 Å². The Morgan fingerprint density at radius 1 is 1.29 bits per heavy atom. The van der Waals surface area contributed by atoms with Gasteiger partial charge in [-0.25, -0.2) is 4.79 Å². The fraction of sp³-hybridized carbons (Fsp3) is 0.278. The summed E-state index contributed by atoms with van der Waals surface area (Å²) in [6.07, 6.45) is 0.725. The summed E-state index contributed by atoms with van der Waals surface area (Å²) in [7, 11) is 0. The van der Waals surface area contributed by atoms with Crippen molar-refractivity contribution in [2.75, 3.05) is 6.61 Å². The van der Waals surface area contributed by atoms with Crippen LogP contribution in [-0.4, -0.2) is 22.2 Å². The van der Waals surface area contributed by atoms with Crippen molar-refractivity contribution < 1.29 is 14.6 Å². The van der Waals surface area contributed by atoms with E-state index in [1.807, 2.05) is 42.0 Å². The summed E-state index contributed by atoms with van der Waals surface area (Å²) in [4.78, 5) is 12.4.